The normalized spacial score (nSPS) is 15.6. The predicted octanol–water partition coefficient (Wildman–Crippen LogP) is 4.78. The van der Waals surface area contributed by atoms with Gasteiger partial charge in [0.1, 0.15) is 13.2 Å². The van der Waals surface area contributed by atoms with E-state index in [1.165, 1.54) is 11.1 Å². The van der Waals surface area contributed by atoms with Crippen LogP contribution in [0.5, 0.6) is 0 Å². The van der Waals surface area contributed by atoms with Gasteiger partial charge in [-0.1, -0.05) is 29.8 Å². The molecule has 0 saturated carbocycles. The molecule has 0 aromatic heterocycles. The second-order valence-electron chi connectivity index (χ2n) is 7.72. The molecule has 0 atom stereocenters. The summed E-state index contributed by atoms with van der Waals surface area (Å²) < 4.78 is 9.84. The van der Waals surface area contributed by atoms with E-state index in [4.69, 9.17) is 21.1 Å². The standard InChI is InChI=1S/C24H25ClN2O4/c1-26(9-11-30-16-28)20-7-8-22(23(25)15-20)19-4-2-3-17-14-21(6-5-18(17)13-19)27-10-12-31-24(27)29/h5-8,13-16H,2-4,9-12H2,1H3. The van der Waals surface area contributed by atoms with Gasteiger partial charge in [-0.05, 0) is 65.8 Å². The van der Waals surface area contributed by atoms with Crippen LogP contribution in [0, 0.1) is 0 Å². The van der Waals surface area contributed by atoms with E-state index in [1.54, 1.807) is 4.90 Å². The van der Waals surface area contributed by atoms with Crippen molar-refractivity contribution in [3.8, 4) is 0 Å². The molecular weight excluding hydrogens is 416 g/mol. The molecule has 1 saturated heterocycles. The van der Waals surface area contributed by atoms with E-state index >= 15 is 0 Å². The Morgan fingerprint density at radius 3 is 2.84 bits per heavy atom. The minimum atomic E-state index is -0.278. The molecule has 6 nitrogen and oxygen atoms in total. The molecule has 0 radical (unpaired) electrons. The zero-order chi connectivity index (χ0) is 21.8. The number of hydrogen-bond acceptors (Lipinski definition) is 5. The van der Waals surface area contributed by atoms with Gasteiger partial charge in [0.25, 0.3) is 6.47 Å². The Balaban J connectivity index is 1.57. The number of nitrogens with zero attached hydrogens (tertiary/aromatic N) is 2. The SMILES string of the molecule is CN(CCOC=O)c1ccc(C2=Cc3ccc(N4CCOC4=O)cc3CCC2)c(Cl)c1. The highest BCUT2D eigenvalue weighted by molar-refractivity contribution is 6.32. The number of carbonyl (C=O) groups is 2. The van der Waals surface area contributed by atoms with Crippen molar-refractivity contribution in [2.24, 2.45) is 0 Å². The highest BCUT2D eigenvalue weighted by atomic mass is 35.5. The van der Waals surface area contributed by atoms with Gasteiger partial charge in [0.2, 0.25) is 0 Å². The van der Waals surface area contributed by atoms with Crippen molar-refractivity contribution in [2.75, 3.05) is 43.2 Å². The average molecular weight is 441 g/mol. The molecule has 1 aliphatic carbocycles. The lowest BCUT2D eigenvalue weighted by Gasteiger charge is -2.20. The fourth-order valence-electron chi connectivity index (χ4n) is 4.06. The van der Waals surface area contributed by atoms with Gasteiger partial charge in [-0.15, -0.1) is 0 Å². The molecular formula is C24H25ClN2O4. The van der Waals surface area contributed by atoms with Gasteiger partial charge >= 0.3 is 6.09 Å². The fraction of sp³-hybridized carbons (Fsp3) is 0.333. The Hall–Kier alpha value is -2.99. The number of halogens is 1. The maximum atomic E-state index is 11.9. The number of cyclic esters (lactones) is 1. The van der Waals surface area contributed by atoms with Crippen molar-refractivity contribution >= 4 is 47.2 Å². The van der Waals surface area contributed by atoms with Gasteiger partial charge in [-0.3, -0.25) is 9.69 Å². The predicted molar refractivity (Wildman–Crippen MR) is 123 cm³/mol. The van der Waals surface area contributed by atoms with Gasteiger partial charge in [0, 0.05) is 18.4 Å². The summed E-state index contributed by atoms with van der Waals surface area (Å²) in [4.78, 5) is 25.9. The molecule has 1 fully saturated rings. The molecule has 4 rings (SSSR count). The van der Waals surface area contributed by atoms with Gasteiger partial charge in [0.15, 0.2) is 0 Å². The molecule has 0 spiro atoms. The van der Waals surface area contributed by atoms with Crippen molar-refractivity contribution in [3.05, 3.63) is 58.1 Å². The minimum absolute atomic E-state index is 0.278. The molecule has 162 valence electrons. The number of amides is 1. The van der Waals surface area contributed by atoms with Gasteiger partial charge in [-0.2, -0.15) is 0 Å². The van der Waals surface area contributed by atoms with Crippen molar-refractivity contribution in [1.29, 1.82) is 0 Å². The first-order chi connectivity index (χ1) is 15.1. The number of carbonyl (C=O) groups excluding carboxylic acids is 2. The van der Waals surface area contributed by atoms with Crippen molar-refractivity contribution in [3.63, 3.8) is 0 Å². The highest BCUT2D eigenvalue weighted by Crippen LogP contribution is 2.36. The van der Waals surface area contributed by atoms with Crippen LogP contribution in [0.3, 0.4) is 0 Å². The van der Waals surface area contributed by atoms with E-state index in [2.05, 4.69) is 24.3 Å². The summed E-state index contributed by atoms with van der Waals surface area (Å²) in [6, 6.07) is 12.2. The summed E-state index contributed by atoms with van der Waals surface area (Å²) in [5.74, 6) is 0. The Morgan fingerprint density at radius 1 is 1.23 bits per heavy atom. The van der Waals surface area contributed by atoms with E-state index in [1.807, 2.05) is 30.1 Å². The summed E-state index contributed by atoms with van der Waals surface area (Å²) in [5, 5.41) is 0.701. The highest BCUT2D eigenvalue weighted by Gasteiger charge is 2.24. The first-order valence-corrected chi connectivity index (χ1v) is 10.8. The van der Waals surface area contributed by atoms with E-state index < -0.39 is 0 Å². The number of benzene rings is 2. The summed E-state index contributed by atoms with van der Waals surface area (Å²) >= 11 is 6.66. The monoisotopic (exact) mass is 440 g/mol. The van der Waals surface area contributed by atoms with E-state index in [-0.39, 0.29) is 6.09 Å². The number of aryl methyl sites for hydroxylation is 1. The lowest BCUT2D eigenvalue weighted by molar-refractivity contribution is -0.128. The van der Waals surface area contributed by atoms with Crippen LogP contribution >= 0.6 is 11.6 Å². The summed E-state index contributed by atoms with van der Waals surface area (Å²) in [6.07, 6.45) is 4.81. The molecule has 1 heterocycles. The number of allylic oxidation sites excluding steroid dienone is 1. The summed E-state index contributed by atoms with van der Waals surface area (Å²) in [7, 11) is 1.94. The van der Waals surface area contributed by atoms with Gasteiger partial charge in [0.05, 0.1) is 18.1 Å². The molecule has 7 heteroatoms. The maximum Gasteiger partial charge on any atom is 0.414 e. The smallest absolute Gasteiger partial charge is 0.414 e. The summed E-state index contributed by atoms with van der Waals surface area (Å²) in [6.45, 7) is 2.42. The average Bonchev–Trinajstić information content (AvgIpc) is 3.08. The molecule has 0 unspecified atom stereocenters. The minimum Gasteiger partial charge on any atom is -0.466 e. The van der Waals surface area contributed by atoms with Crippen LogP contribution < -0.4 is 9.80 Å². The van der Waals surface area contributed by atoms with Crippen LogP contribution in [0.4, 0.5) is 16.2 Å². The number of ether oxygens (including phenoxy) is 2. The first kappa shape index (κ1) is 21.2. The number of anilines is 2. The third-order valence-electron chi connectivity index (χ3n) is 5.77. The molecule has 0 bridgehead atoms. The first-order valence-electron chi connectivity index (χ1n) is 10.4. The number of likely N-dealkylation sites (N-methyl/N-ethyl adjacent to an activating group) is 1. The second-order valence-corrected chi connectivity index (χ2v) is 8.13. The van der Waals surface area contributed by atoms with Crippen LogP contribution in [0.25, 0.3) is 11.6 Å². The number of fused-ring (bicyclic) bond motifs is 1. The second kappa shape index (κ2) is 9.43. The van der Waals surface area contributed by atoms with Crippen LogP contribution in [-0.4, -0.2) is 45.9 Å². The van der Waals surface area contributed by atoms with E-state index in [0.717, 1.165) is 41.8 Å². The molecule has 2 aromatic carbocycles. The molecule has 31 heavy (non-hydrogen) atoms. The Kier molecular flexibility index (Phi) is 6.47. The molecule has 2 aliphatic rings. The van der Waals surface area contributed by atoms with Gasteiger partial charge < -0.3 is 14.4 Å². The Labute approximate surface area is 187 Å². The van der Waals surface area contributed by atoms with Crippen molar-refractivity contribution in [2.45, 2.75) is 19.3 Å². The zero-order valence-electron chi connectivity index (χ0n) is 17.5. The maximum absolute atomic E-state index is 11.9. The van der Waals surface area contributed by atoms with Crippen LogP contribution in [0.1, 0.15) is 29.5 Å². The molecule has 1 amide bonds. The van der Waals surface area contributed by atoms with Crippen LogP contribution in [0.15, 0.2) is 36.4 Å². The largest absolute Gasteiger partial charge is 0.466 e. The van der Waals surface area contributed by atoms with Gasteiger partial charge in [-0.25, -0.2) is 4.79 Å². The molecule has 0 N–H and O–H groups in total. The lowest BCUT2D eigenvalue weighted by atomic mass is 10.00. The fourth-order valence-corrected chi connectivity index (χ4v) is 4.35. The lowest BCUT2D eigenvalue weighted by Crippen LogP contribution is -2.23. The van der Waals surface area contributed by atoms with Crippen LogP contribution in [0.2, 0.25) is 5.02 Å². The molecule has 2 aromatic rings. The Morgan fingerprint density at radius 2 is 2.10 bits per heavy atom. The zero-order valence-corrected chi connectivity index (χ0v) is 18.2. The van der Waals surface area contributed by atoms with Crippen molar-refractivity contribution in [1.82, 2.24) is 0 Å². The molecule has 1 aliphatic heterocycles. The number of rotatable bonds is 7. The number of hydrogen-bond donors (Lipinski definition) is 0. The third kappa shape index (κ3) is 4.69. The summed E-state index contributed by atoms with van der Waals surface area (Å²) in [5.41, 5.74) is 6.49. The Bertz CT molecular complexity index is 1020. The van der Waals surface area contributed by atoms with Crippen LogP contribution in [-0.2, 0) is 20.7 Å². The third-order valence-corrected chi connectivity index (χ3v) is 6.09. The van der Waals surface area contributed by atoms with E-state index in [0.29, 0.717) is 37.8 Å². The van der Waals surface area contributed by atoms with Crippen molar-refractivity contribution < 1.29 is 19.1 Å². The van der Waals surface area contributed by atoms with E-state index in [9.17, 15) is 9.59 Å². The quantitative estimate of drug-likeness (QED) is 0.458. The topological polar surface area (TPSA) is 59.1 Å².